The van der Waals surface area contributed by atoms with Crippen LogP contribution in [0.3, 0.4) is 0 Å². The number of hydrogen-bond donors (Lipinski definition) is 2. The third-order valence-corrected chi connectivity index (χ3v) is 5.30. The molecule has 2 unspecified atom stereocenters. The Labute approximate surface area is 186 Å². The predicted molar refractivity (Wildman–Crippen MR) is 123 cm³/mol. The molecule has 3 rings (SSSR count). The van der Waals surface area contributed by atoms with Crippen molar-refractivity contribution in [3.8, 4) is 5.75 Å². The maximum absolute atomic E-state index is 13.1. The number of amides is 1. The molecule has 0 aliphatic heterocycles. The van der Waals surface area contributed by atoms with Gasteiger partial charge in [0.15, 0.2) is 0 Å². The van der Waals surface area contributed by atoms with E-state index >= 15 is 0 Å². The van der Waals surface area contributed by atoms with Crippen LogP contribution in [-0.2, 0) is 4.74 Å². The molecule has 1 amide bonds. The first kappa shape index (κ1) is 23.0. The number of carbonyl (C=O) groups is 1. The van der Waals surface area contributed by atoms with E-state index in [0.29, 0.717) is 23.2 Å². The topological polar surface area (TPSA) is 104 Å². The van der Waals surface area contributed by atoms with E-state index in [4.69, 9.17) is 4.42 Å². The van der Waals surface area contributed by atoms with Gasteiger partial charge < -0.3 is 19.2 Å². The van der Waals surface area contributed by atoms with Crippen LogP contribution in [0.25, 0.3) is 11.0 Å². The Kier molecular flexibility index (Phi) is 7.27. The van der Waals surface area contributed by atoms with Gasteiger partial charge in [-0.3, -0.25) is 0 Å². The minimum atomic E-state index is -0.697. The lowest BCUT2D eigenvalue weighted by atomic mass is 9.78. The molecule has 0 radical (unpaired) electrons. The summed E-state index contributed by atoms with van der Waals surface area (Å²) in [7, 11) is 5.06. The molecule has 1 heterocycles. The number of para-hydroxylation sites is 1. The first-order valence-corrected chi connectivity index (χ1v) is 10.2. The molecule has 0 aliphatic rings. The first-order valence-electron chi connectivity index (χ1n) is 10.2. The Balaban J connectivity index is 2.25. The van der Waals surface area contributed by atoms with Crippen LogP contribution in [0.1, 0.15) is 24.0 Å². The lowest BCUT2D eigenvalue weighted by molar-refractivity contribution is 0.171. The van der Waals surface area contributed by atoms with Gasteiger partial charge in [-0.25, -0.2) is 15.0 Å². The van der Waals surface area contributed by atoms with Crippen molar-refractivity contribution in [1.29, 1.82) is 0 Å². The molecule has 0 aliphatic carbocycles. The molecule has 0 fully saturated rings. The van der Waals surface area contributed by atoms with Gasteiger partial charge in [0, 0.05) is 24.1 Å². The smallest absolute Gasteiger partial charge is 0.427 e. The van der Waals surface area contributed by atoms with Gasteiger partial charge in [0.1, 0.15) is 11.3 Å². The fourth-order valence-corrected chi connectivity index (χ4v) is 3.82. The van der Waals surface area contributed by atoms with Gasteiger partial charge in [-0.05, 0) is 38.7 Å². The van der Waals surface area contributed by atoms with Crippen LogP contribution in [0.2, 0.25) is 0 Å². The van der Waals surface area contributed by atoms with Crippen LogP contribution in [-0.4, -0.2) is 49.6 Å². The van der Waals surface area contributed by atoms with Crippen molar-refractivity contribution >= 4 is 22.8 Å². The van der Waals surface area contributed by atoms with Crippen LogP contribution >= 0.6 is 0 Å². The summed E-state index contributed by atoms with van der Waals surface area (Å²) in [5, 5.41) is 15.8. The van der Waals surface area contributed by atoms with E-state index < -0.39 is 17.6 Å². The number of aromatic hydroxyl groups is 1. The lowest BCUT2D eigenvalue weighted by Crippen LogP contribution is -2.35. The van der Waals surface area contributed by atoms with E-state index in [0.717, 1.165) is 5.56 Å². The monoisotopic (exact) mass is 437 g/mol. The molecule has 0 saturated heterocycles. The maximum atomic E-state index is 13.1. The van der Waals surface area contributed by atoms with E-state index in [-0.39, 0.29) is 17.2 Å². The van der Waals surface area contributed by atoms with Gasteiger partial charge in [-0.2, -0.15) is 5.10 Å². The van der Waals surface area contributed by atoms with Crippen molar-refractivity contribution in [2.45, 2.75) is 12.8 Å². The summed E-state index contributed by atoms with van der Waals surface area (Å²) in [6.07, 6.45) is -0.697. The fourth-order valence-electron chi connectivity index (χ4n) is 3.82. The molecule has 32 heavy (non-hydrogen) atoms. The standard InChI is InChI=1S/C24H27N3O5/c1-15(25-26-24(30)31-4)18(14-27(2)3)20(16-10-6-5-7-11-16)21-22(28)17-12-8-9-13-19(17)32-23(21)29/h5-13,18,20,28H,14H2,1-4H3,(H,26,30). The highest BCUT2D eigenvalue weighted by Crippen LogP contribution is 2.39. The zero-order chi connectivity index (χ0) is 23.3. The number of hydrogen-bond acceptors (Lipinski definition) is 7. The zero-order valence-electron chi connectivity index (χ0n) is 18.5. The number of nitrogens with one attached hydrogen (secondary N) is 1. The highest BCUT2D eigenvalue weighted by molar-refractivity contribution is 5.88. The minimum absolute atomic E-state index is 0.122. The zero-order valence-corrected chi connectivity index (χ0v) is 18.5. The molecular weight excluding hydrogens is 410 g/mol. The van der Waals surface area contributed by atoms with Crippen molar-refractivity contribution < 1.29 is 19.1 Å². The summed E-state index contributed by atoms with van der Waals surface area (Å²) >= 11 is 0. The second-order valence-corrected chi connectivity index (χ2v) is 7.76. The quantitative estimate of drug-likeness (QED) is 0.333. The summed E-state index contributed by atoms with van der Waals surface area (Å²) in [6, 6.07) is 16.3. The molecular formula is C24H27N3O5. The van der Waals surface area contributed by atoms with Crippen molar-refractivity contribution in [3.05, 3.63) is 76.1 Å². The third kappa shape index (κ3) is 4.97. The third-order valence-electron chi connectivity index (χ3n) is 5.30. The van der Waals surface area contributed by atoms with Crippen LogP contribution in [0.5, 0.6) is 5.75 Å². The predicted octanol–water partition coefficient (Wildman–Crippen LogP) is 3.54. The van der Waals surface area contributed by atoms with Gasteiger partial charge in [-0.15, -0.1) is 0 Å². The number of hydrazone groups is 1. The molecule has 3 aromatic rings. The number of rotatable bonds is 7. The number of nitrogens with zero attached hydrogens (tertiary/aromatic N) is 2. The molecule has 0 bridgehead atoms. The Morgan fingerprint density at radius 3 is 2.47 bits per heavy atom. The van der Waals surface area contributed by atoms with Gasteiger partial charge in [0.2, 0.25) is 0 Å². The molecule has 2 aromatic carbocycles. The number of ether oxygens (including phenoxy) is 1. The highest BCUT2D eigenvalue weighted by atomic mass is 16.5. The number of benzene rings is 2. The van der Waals surface area contributed by atoms with Gasteiger partial charge in [0.05, 0.1) is 18.1 Å². The number of methoxy groups -OCH3 is 1. The molecule has 8 heteroatoms. The molecule has 2 atom stereocenters. The van der Waals surface area contributed by atoms with Gasteiger partial charge in [-0.1, -0.05) is 42.5 Å². The van der Waals surface area contributed by atoms with Crippen LogP contribution in [0, 0.1) is 5.92 Å². The summed E-state index contributed by atoms with van der Waals surface area (Å²) in [6.45, 7) is 2.25. The van der Waals surface area contributed by atoms with E-state index in [9.17, 15) is 14.7 Å². The summed E-state index contributed by atoms with van der Waals surface area (Å²) in [5.41, 5.74) is 3.56. The van der Waals surface area contributed by atoms with E-state index in [2.05, 4.69) is 15.3 Å². The average Bonchev–Trinajstić information content (AvgIpc) is 2.79. The second-order valence-electron chi connectivity index (χ2n) is 7.76. The van der Waals surface area contributed by atoms with E-state index in [1.54, 1.807) is 31.2 Å². The van der Waals surface area contributed by atoms with Gasteiger partial charge >= 0.3 is 11.7 Å². The second kappa shape index (κ2) is 10.1. The number of fused-ring (bicyclic) bond motifs is 1. The van der Waals surface area contributed by atoms with E-state index in [1.165, 1.54) is 7.11 Å². The molecule has 8 nitrogen and oxygen atoms in total. The minimum Gasteiger partial charge on any atom is -0.507 e. The van der Waals surface area contributed by atoms with Crippen LogP contribution < -0.4 is 11.1 Å². The SMILES string of the molecule is COC(=O)NN=C(C)C(CN(C)C)C(c1ccccc1)c1c(O)c2ccccc2oc1=O. The van der Waals surface area contributed by atoms with Gasteiger partial charge in [0.25, 0.3) is 0 Å². The van der Waals surface area contributed by atoms with Crippen molar-refractivity contribution in [3.63, 3.8) is 0 Å². The molecule has 0 spiro atoms. The van der Waals surface area contributed by atoms with Crippen LogP contribution in [0.15, 0.2) is 68.9 Å². The molecule has 1 aromatic heterocycles. The highest BCUT2D eigenvalue weighted by Gasteiger charge is 2.34. The summed E-state index contributed by atoms with van der Waals surface area (Å²) in [4.78, 5) is 26.6. The first-order chi connectivity index (χ1) is 15.3. The Bertz CT molecular complexity index is 1170. The summed E-state index contributed by atoms with van der Waals surface area (Å²) in [5.74, 6) is -1.08. The van der Waals surface area contributed by atoms with E-state index in [1.807, 2.05) is 49.3 Å². The van der Waals surface area contributed by atoms with Crippen molar-refractivity contribution in [1.82, 2.24) is 10.3 Å². The van der Waals surface area contributed by atoms with Crippen molar-refractivity contribution in [2.24, 2.45) is 11.0 Å². The maximum Gasteiger partial charge on any atom is 0.427 e. The molecule has 0 saturated carbocycles. The van der Waals surface area contributed by atoms with Crippen LogP contribution in [0.4, 0.5) is 4.79 Å². The largest absolute Gasteiger partial charge is 0.507 e. The van der Waals surface area contributed by atoms with Crippen molar-refractivity contribution in [2.75, 3.05) is 27.7 Å². The fraction of sp³-hybridized carbons (Fsp3) is 0.292. The molecule has 168 valence electrons. The Morgan fingerprint density at radius 2 is 1.81 bits per heavy atom. The average molecular weight is 437 g/mol. The lowest BCUT2D eigenvalue weighted by Gasteiger charge is -2.30. The summed E-state index contributed by atoms with van der Waals surface area (Å²) < 4.78 is 10.2. The Hall–Kier alpha value is -3.65. The number of carbonyl (C=O) groups excluding carboxylic acids is 1. The normalized spacial score (nSPS) is 13.7. The molecule has 2 N–H and O–H groups in total. The Morgan fingerprint density at radius 1 is 1.16 bits per heavy atom.